The number of rotatable bonds is 5. The molecule has 1 aliphatic rings. The summed E-state index contributed by atoms with van der Waals surface area (Å²) in [4.78, 5) is 0.147. The van der Waals surface area contributed by atoms with Gasteiger partial charge in [-0.05, 0) is 25.7 Å². The van der Waals surface area contributed by atoms with Gasteiger partial charge in [-0.25, -0.2) is 13.1 Å². The summed E-state index contributed by atoms with van der Waals surface area (Å²) in [7, 11) is -0.619. The summed E-state index contributed by atoms with van der Waals surface area (Å²) in [6.07, 6.45) is 3.21. The summed E-state index contributed by atoms with van der Waals surface area (Å²) in [5.41, 5.74) is 5.84. The first-order valence-corrected chi connectivity index (χ1v) is 8.44. The van der Waals surface area contributed by atoms with Gasteiger partial charge in [0.1, 0.15) is 11.5 Å². The zero-order chi connectivity index (χ0) is 15.5. The molecule has 3 N–H and O–H groups in total. The van der Waals surface area contributed by atoms with Crippen molar-refractivity contribution in [2.75, 3.05) is 14.2 Å². The Labute approximate surface area is 137 Å². The second kappa shape index (κ2) is 8.01. The lowest BCUT2D eigenvalue weighted by Gasteiger charge is -2.26. The van der Waals surface area contributed by atoms with Crippen molar-refractivity contribution in [2.24, 2.45) is 5.73 Å². The highest BCUT2D eigenvalue weighted by Gasteiger charge is 2.25. The number of ether oxygens (including phenoxy) is 2. The number of nitrogens with two attached hydrogens (primary N) is 1. The molecule has 1 saturated carbocycles. The van der Waals surface area contributed by atoms with Crippen molar-refractivity contribution < 1.29 is 17.9 Å². The summed E-state index contributed by atoms with van der Waals surface area (Å²) in [5, 5.41) is 0. The minimum atomic E-state index is -3.59. The topological polar surface area (TPSA) is 90.6 Å². The minimum absolute atomic E-state index is 0. The number of halogens is 1. The molecule has 8 heteroatoms. The van der Waals surface area contributed by atoms with Crippen molar-refractivity contribution in [1.29, 1.82) is 0 Å². The van der Waals surface area contributed by atoms with Crippen LogP contribution in [0.5, 0.6) is 11.5 Å². The van der Waals surface area contributed by atoms with Crippen molar-refractivity contribution in [3.05, 3.63) is 18.2 Å². The van der Waals surface area contributed by atoms with Gasteiger partial charge in [0, 0.05) is 30.3 Å². The van der Waals surface area contributed by atoms with Crippen molar-refractivity contribution in [1.82, 2.24) is 4.72 Å². The Hall–Kier alpha value is -1.02. The average Bonchev–Trinajstić information content (AvgIpc) is 2.48. The van der Waals surface area contributed by atoms with Crippen LogP contribution in [0.15, 0.2) is 23.1 Å². The summed E-state index contributed by atoms with van der Waals surface area (Å²) in [6, 6.07) is 4.73. The highest BCUT2D eigenvalue weighted by molar-refractivity contribution is 7.89. The maximum atomic E-state index is 12.5. The molecule has 1 aliphatic carbocycles. The lowest BCUT2D eigenvalue weighted by atomic mass is 9.93. The number of sulfonamides is 1. The van der Waals surface area contributed by atoms with E-state index in [1.807, 2.05) is 0 Å². The van der Waals surface area contributed by atoms with E-state index in [1.54, 1.807) is 6.07 Å². The molecular formula is C14H23ClN2O4S. The molecule has 1 aromatic carbocycles. The van der Waals surface area contributed by atoms with E-state index in [4.69, 9.17) is 15.2 Å². The fraction of sp³-hybridized carbons (Fsp3) is 0.571. The molecule has 0 aromatic heterocycles. The summed E-state index contributed by atoms with van der Waals surface area (Å²) < 4.78 is 37.9. The first-order chi connectivity index (χ1) is 9.94. The molecule has 0 unspecified atom stereocenters. The van der Waals surface area contributed by atoms with Crippen LogP contribution in [0.25, 0.3) is 0 Å². The van der Waals surface area contributed by atoms with E-state index < -0.39 is 10.0 Å². The second-order valence-electron chi connectivity index (χ2n) is 5.28. The molecule has 6 nitrogen and oxygen atoms in total. The third kappa shape index (κ3) is 4.74. The number of methoxy groups -OCH3 is 2. The van der Waals surface area contributed by atoms with Gasteiger partial charge in [-0.2, -0.15) is 0 Å². The highest BCUT2D eigenvalue weighted by Crippen LogP contribution is 2.26. The quantitative estimate of drug-likeness (QED) is 0.843. The van der Waals surface area contributed by atoms with Gasteiger partial charge in [-0.3, -0.25) is 0 Å². The van der Waals surface area contributed by atoms with Gasteiger partial charge in [0.05, 0.1) is 19.1 Å². The van der Waals surface area contributed by atoms with E-state index >= 15 is 0 Å². The van der Waals surface area contributed by atoms with Crippen LogP contribution in [0.1, 0.15) is 25.7 Å². The van der Waals surface area contributed by atoms with Crippen LogP contribution >= 0.6 is 12.4 Å². The second-order valence-corrected chi connectivity index (χ2v) is 7.00. The Morgan fingerprint density at radius 3 is 2.00 bits per heavy atom. The van der Waals surface area contributed by atoms with Gasteiger partial charge < -0.3 is 15.2 Å². The van der Waals surface area contributed by atoms with Crippen molar-refractivity contribution in [2.45, 2.75) is 42.7 Å². The summed E-state index contributed by atoms with van der Waals surface area (Å²) in [5.74, 6) is 0.890. The summed E-state index contributed by atoms with van der Waals surface area (Å²) in [6.45, 7) is 0. The molecule has 0 radical (unpaired) electrons. The Morgan fingerprint density at radius 1 is 1.05 bits per heavy atom. The highest BCUT2D eigenvalue weighted by atomic mass is 35.5. The molecular weight excluding hydrogens is 328 g/mol. The molecule has 0 aliphatic heterocycles. The van der Waals surface area contributed by atoms with Gasteiger partial charge >= 0.3 is 0 Å². The largest absolute Gasteiger partial charge is 0.497 e. The molecule has 0 amide bonds. The molecule has 0 atom stereocenters. The molecule has 0 heterocycles. The molecule has 0 bridgehead atoms. The maximum absolute atomic E-state index is 12.5. The lowest BCUT2D eigenvalue weighted by Crippen LogP contribution is -2.40. The molecule has 1 fully saturated rings. The number of benzene rings is 1. The Kier molecular flexibility index (Phi) is 6.93. The smallest absolute Gasteiger partial charge is 0.241 e. The minimum Gasteiger partial charge on any atom is -0.497 e. The lowest BCUT2D eigenvalue weighted by molar-refractivity contribution is 0.373. The van der Waals surface area contributed by atoms with Gasteiger partial charge in [0.25, 0.3) is 0 Å². The average molecular weight is 351 g/mol. The Bertz CT molecular complexity index is 564. The van der Waals surface area contributed by atoms with Crippen molar-refractivity contribution in [3.63, 3.8) is 0 Å². The standard InChI is InChI=1S/C14H22N2O4S.ClH/c1-19-12-7-13(20-2)9-14(8-12)21(17,18)16-11-5-3-10(15)4-6-11;/h7-11,16H,3-6,15H2,1-2H3;1H. The molecule has 1 aromatic rings. The number of nitrogens with one attached hydrogen (secondary N) is 1. The van der Waals surface area contributed by atoms with Gasteiger partial charge in [0.15, 0.2) is 0 Å². The first kappa shape index (κ1) is 19.0. The Balaban J connectivity index is 0.00000242. The van der Waals surface area contributed by atoms with Crippen LogP contribution in [-0.4, -0.2) is 34.7 Å². The molecule has 2 rings (SSSR count). The Morgan fingerprint density at radius 2 is 1.55 bits per heavy atom. The van der Waals surface area contributed by atoms with E-state index in [2.05, 4.69) is 4.72 Å². The van der Waals surface area contributed by atoms with Gasteiger partial charge in [0.2, 0.25) is 10.0 Å². The SMILES string of the molecule is COc1cc(OC)cc(S(=O)(=O)NC2CCC(N)CC2)c1.Cl. The molecule has 0 spiro atoms. The maximum Gasteiger partial charge on any atom is 0.241 e. The van der Waals surface area contributed by atoms with Crippen LogP contribution in [-0.2, 0) is 10.0 Å². The third-order valence-electron chi connectivity index (χ3n) is 3.73. The van der Waals surface area contributed by atoms with Crippen LogP contribution in [0.3, 0.4) is 0 Å². The number of hydrogen-bond donors (Lipinski definition) is 2. The van der Waals surface area contributed by atoms with E-state index in [9.17, 15) is 8.42 Å². The third-order valence-corrected chi connectivity index (χ3v) is 5.23. The van der Waals surface area contributed by atoms with E-state index in [0.29, 0.717) is 11.5 Å². The van der Waals surface area contributed by atoms with Crippen LogP contribution in [0.4, 0.5) is 0 Å². The monoisotopic (exact) mass is 350 g/mol. The van der Waals surface area contributed by atoms with Crippen molar-refractivity contribution >= 4 is 22.4 Å². The number of hydrogen-bond acceptors (Lipinski definition) is 5. The normalized spacial score (nSPS) is 21.8. The van der Waals surface area contributed by atoms with E-state index in [0.717, 1.165) is 25.7 Å². The summed E-state index contributed by atoms with van der Waals surface area (Å²) >= 11 is 0. The van der Waals surface area contributed by atoms with Crippen LogP contribution in [0.2, 0.25) is 0 Å². The van der Waals surface area contributed by atoms with E-state index in [1.165, 1.54) is 26.4 Å². The zero-order valence-corrected chi connectivity index (χ0v) is 14.4. The van der Waals surface area contributed by atoms with Crippen molar-refractivity contribution in [3.8, 4) is 11.5 Å². The van der Waals surface area contributed by atoms with Crippen LogP contribution < -0.4 is 19.9 Å². The predicted octanol–water partition coefficient (Wildman–Crippen LogP) is 1.67. The van der Waals surface area contributed by atoms with Gasteiger partial charge in [-0.1, -0.05) is 0 Å². The van der Waals surface area contributed by atoms with Gasteiger partial charge in [-0.15, -0.1) is 12.4 Å². The fourth-order valence-electron chi connectivity index (χ4n) is 2.46. The molecule has 22 heavy (non-hydrogen) atoms. The van der Waals surface area contributed by atoms with E-state index in [-0.39, 0.29) is 29.4 Å². The predicted molar refractivity (Wildman–Crippen MR) is 87.3 cm³/mol. The molecule has 126 valence electrons. The zero-order valence-electron chi connectivity index (χ0n) is 12.7. The van der Waals surface area contributed by atoms with Crippen LogP contribution in [0, 0.1) is 0 Å². The molecule has 0 saturated heterocycles. The fourth-order valence-corrected chi connectivity index (χ4v) is 3.81. The first-order valence-electron chi connectivity index (χ1n) is 6.95.